The number of carbonyl (C=O) groups excluding carboxylic acids is 1. The lowest BCUT2D eigenvalue weighted by Crippen LogP contribution is -2.35. The normalized spacial score (nSPS) is 14.4. The molecule has 2 rings (SSSR count). The van der Waals surface area contributed by atoms with E-state index in [1.165, 1.54) is 6.08 Å². The molecule has 1 amide bonds. The standard InChI is InChI=1S/C12H15N3O/c1-3-11-13-7-9-8-15(12(16)4-2)6-5-10(9)14-11/h4,7H,2-3,5-6,8H2,1H3. The molecule has 84 valence electrons. The second-order valence-electron chi connectivity index (χ2n) is 3.83. The van der Waals surface area contributed by atoms with E-state index in [1.807, 2.05) is 13.1 Å². The number of rotatable bonds is 2. The van der Waals surface area contributed by atoms with Crippen LogP contribution in [0.4, 0.5) is 0 Å². The molecule has 1 aliphatic heterocycles. The van der Waals surface area contributed by atoms with E-state index >= 15 is 0 Å². The summed E-state index contributed by atoms with van der Waals surface area (Å²) in [6.45, 7) is 6.86. The zero-order valence-electron chi connectivity index (χ0n) is 9.44. The van der Waals surface area contributed by atoms with Crippen molar-refractivity contribution in [2.45, 2.75) is 26.3 Å². The molecular weight excluding hydrogens is 202 g/mol. The number of hydrogen-bond acceptors (Lipinski definition) is 3. The van der Waals surface area contributed by atoms with Gasteiger partial charge in [-0.05, 0) is 6.08 Å². The summed E-state index contributed by atoms with van der Waals surface area (Å²) >= 11 is 0. The van der Waals surface area contributed by atoms with Gasteiger partial charge < -0.3 is 4.90 Å². The van der Waals surface area contributed by atoms with Crippen LogP contribution in [-0.4, -0.2) is 27.3 Å². The summed E-state index contributed by atoms with van der Waals surface area (Å²) in [6.07, 6.45) is 4.85. The van der Waals surface area contributed by atoms with E-state index in [0.717, 1.165) is 36.5 Å². The maximum Gasteiger partial charge on any atom is 0.246 e. The summed E-state index contributed by atoms with van der Waals surface area (Å²) in [5.41, 5.74) is 2.14. The van der Waals surface area contributed by atoms with Crippen LogP contribution < -0.4 is 0 Å². The van der Waals surface area contributed by atoms with Crippen molar-refractivity contribution in [2.75, 3.05) is 6.54 Å². The summed E-state index contributed by atoms with van der Waals surface area (Å²) in [5, 5.41) is 0. The van der Waals surface area contributed by atoms with Crippen molar-refractivity contribution in [3.05, 3.63) is 35.9 Å². The van der Waals surface area contributed by atoms with Crippen molar-refractivity contribution < 1.29 is 4.79 Å². The number of amides is 1. The largest absolute Gasteiger partial charge is 0.334 e. The molecule has 0 N–H and O–H groups in total. The molecule has 0 radical (unpaired) electrons. The summed E-state index contributed by atoms with van der Waals surface area (Å²) in [7, 11) is 0. The molecular formula is C12H15N3O. The Balaban J connectivity index is 2.21. The third kappa shape index (κ3) is 1.96. The molecule has 4 heteroatoms. The molecule has 1 aliphatic rings. The fourth-order valence-corrected chi connectivity index (χ4v) is 1.85. The van der Waals surface area contributed by atoms with Crippen LogP contribution in [0.2, 0.25) is 0 Å². The summed E-state index contributed by atoms with van der Waals surface area (Å²) in [4.78, 5) is 22.0. The molecule has 0 saturated heterocycles. The van der Waals surface area contributed by atoms with Gasteiger partial charge in [-0.1, -0.05) is 13.5 Å². The molecule has 2 heterocycles. The van der Waals surface area contributed by atoms with E-state index in [1.54, 1.807) is 4.90 Å². The first-order valence-electron chi connectivity index (χ1n) is 5.49. The third-order valence-electron chi connectivity index (χ3n) is 2.79. The van der Waals surface area contributed by atoms with Gasteiger partial charge >= 0.3 is 0 Å². The highest BCUT2D eigenvalue weighted by Gasteiger charge is 2.20. The Morgan fingerprint density at radius 3 is 3.19 bits per heavy atom. The zero-order chi connectivity index (χ0) is 11.5. The van der Waals surface area contributed by atoms with E-state index in [-0.39, 0.29) is 5.91 Å². The van der Waals surface area contributed by atoms with E-state index in [4.69, 9.17) is 0 Å². The maximum atomic E-state index is 11.5. The topological polar surface area (TPSA) is 46.1 Å². The average molecular weight is 217 g/mol. The number of aryl methyl sites for hydroxylation is 1. The number of fused-ring (bicyclic) bond motifs is 1. The number of carbonyl (C=O) groups is 1. The van der Waals surface area contributed by atoms with Gasteiger partial charge in [0, 0.05) is 37.7 Å². The minimum absolute atomic E-state index is 0.0229. The Labute approximate surface area is 95.0 Å². The molecule has 1 aromatic rings. The Bertz CT molecular complexity index is 428. The van der Waals surface area contributed by atoms with Crippen molar-refractivity contribution >= 4 is 5.91 Å². The second kappa shape index (κ2) is 4.43. The van der Waals surface area contributed by atoms with Gasteiger partial charge in [-0.3, -0.25) is 4.79 Å². The highest BCUT2D eigenvalue weighted by molar-refractivity contribution is 5.87. The molecule has 0 saturated carbocycles. The molecule has 0 spiro atoms. The summed E-state index contributed by atoms with van der Waals surface area (Å²) in [5.74, 6) is 0.854. The highest BCUT2D eigenvalue weighted by Crippen LogP contribution is 2.16. The van der Waals surface area contributed by atoms with E-state index in [2.05, 4.69) is 16.5 Å². The van der Waals surface area contributed by atoms with Crippen molar-refractivity contribution in [1.82, 2.24) is 14.9 Å². The maximum absolute atomic E-state index is 11.5. The SMILES string of the molecule is C=CC(=O)N1CCc2nc(CC)ncc2C1. The first-order valence-corrected chi connectivity index (χ1v) is 5.49. The number of aromatic nitrogens is 2. The van der Waals surface area contributed by atoms with Crippen LogP contribution >= 0.6 is 0 Å². The quantitative estimate of drug-likeness (QED) is 0.697. The van der Waals surface area contributed by atoms with Gasteiger partial charge in [-0.15, -0.1) is 0 Å². The van der Waals surface area contributed by atoms with Gasteiger partial charge in [0.15, 0.2) is 0 Å². The minimum Gasteiger partial charge on any atom is -0.334 e. The lowest BCUT2D eigenvalue weighted by atomic mass is 10.1. The van der Waals surface area contributed by atoms with Crippen LogP contribution in [0.5, 0.6) is 0 Å². The number of nitrogens with zero attached hydrogens (tertiary/aromatic N) is 3. The molecule has 1 aromatic heterocycles. The first kappa shape index (κ1) is 10.8. The van der Waals surface area contributed by atoms with Gasteiger partial charge in [0.05, 0.1) is 5.69 Å². The molecule has 0 aliphatic carbocycles. The van der Waals surface area contributed by atoms with Crippen molar-refractivity contribution in [1.29, 1.82) is 0 Å². The second-order valence-corrected chi connectivity index (χ2v) is 3.83. The van der Waals surface area contributed by atoms with Crippen LogP contribution in [0, 0.1) is 0 Å². The predicted octanol–water partition coefficient (Wildman–Crippen LogP) is 1.11. The van der Waals surface area contributed by atoms with Gasteiger partial charge in [0.25, 0.3) is 0 Å². The predicted molar refractivity (Wildman–Crippen MR) is 60.7 cm³/mol. The van der Waals surface area contributed by atoms with Gasteiger partial charge in [-0.2, -0.15) is 0 Å². The van der Waals surface area contributed by atoms with Crippen LogP contribution in [-0.2, 0) is 24.2 Å². The van der Waals surface area contributed by atoms with E-state index in [0.29, 0.717) is 6.54 Å². The Morgan fingerprint density at radius 1 is 1.69 bits per heavy atom. The van der Waals surface area contributed by atoms with Crippen LogP contribution in [0.1, 0.15) is 24.0 Å². The smallest absolute Gasteiger partial charge is 0.246 e. The summed E-state index contributed by atoms with van der Waals surface area (Å²) in [6, 6.07) is 0. The average Bonchev–Trinajstić information content (AvgIpc) is 2.36. The van der Waals surface area contributed by atoms with Gasteiger partial charge in [-0.25, -0.2) is 9.97 Å². The van der Waals surface area contributed by atoms with Crippen LogP contribution in [0.25, 0.3) is 0 Å². The lowest BCUT2D eigenvalue weighted by molar-refractivity contribution is -0.126. The third-order valence-corrected chi connectivity index (χ3v) is 2.79. The molecule has 0 atom stereocenters. The zero-order valence-corrected chi connectivity index (χ0v) is 9.44. The van der Waals surface area contributed by atoms with E-state index < -0.39 is 0 Å². The van der Waals surface area contributed by atoms with Gasteiger partial charge in [0.2, 0.25) is 5.91 Å². The van der Waals surface area contributed by atoms with Crippen molar-refractivity contribution in [2.24, 2.45) is 0 Å². The molecule has 0 fully saturated rings. The molecule has 0 unspecified atom stereocenters. The van der Waals surface area contributed by atoms with Gasteiger partial charge in [0.1, 0.15) is 5.82 Å². The number of hydrogen-bond donors (Lipinski definition) is 0. The van der Waals surface area contributed by atoms with Crippen LogP contribution in [0.3, 0.4) is 0 Å². The summed E-state index contributed by atoms with van der Waals surface area (Å²) < 4.78 is 0. The Kier molecular flexibility index (Phi) is 2.99. The highest BCUT2D eigenvalue weighted by atomic mass is 16.2. The monoisotopic (exact) mass is 217 g/mol. The van der Waals surface area contributed by atoms with Crippen LogP contribution in [0.15, 0.2) is 18.9 Å². The molecule has 4 nitrogen and oxygen atoms in total. The molecule has 0 bridgehead atoms. The minimum atomic E-state index is -0.0229. The van der Waals surface area contributed by atoms with E-state index in [9.17, 15) is 4.79 Å². The fourth-order valence-electron chi connectivity index (χ4n) is 1.85. The Morgan fingerprint density at radius 2 is 2.50 bits per heavy atom. The van der Waals surface area contributed by atoms with Crippen molar-refractivity contribution in [3.63, 3.8) is 0 Å². The molecule has 0 aromatic carbocycles. The fraction of sp³-hybridized carbons (Fsp3) is 0.417. The lowest BCUT2D eigenvalue weighted by Gasteiger charge is -2.27. The molecule has 16 heavy (non-hydrogen) atoms. The van der Waals surface area contributed by atoms with Crippen molar-refractivity contribution in [3.8, 4) is 0 Å². The first-order chi connectivity index (χ1) is 7.74. The Hall–Kier alpha value is -1.71.